The van der Waals surface area contributed by atoms with Gasteiger partial charge < -0.3 is 9.47 Å². The molecule has 0 fully saturated rings. The molecule has 0 radical (unpaired) electrons. The molecule has 0 aliphatic heterocycles. The zero-order valence-corrected chi connectivity index (χ0v) is 12.0. The number of methoxy groups -OCH3 is 1. The zero-order valence-electron chi connectivity index (χ0n) is 12.0. The molecule has 0 heterocycles. The Morgan fingerprint density at radius 1 is 1.05 bits per heavy atom. The fraction of sp³-hybridized carbons (Fsp3) is 0.562. The number of hydrogen-bond donors (Lipinski definition) is 0. The lowest BCUT2D eigenvalue weighted by molar-refractivity contribution is 0.121. The van der Waals surface area contributed by atoms with Crippen LogP contribution in [0.25, 0.3) is 0 Å². The molecule has 106 valence electrons. The molecule has 3 heteroatoms. The highest BCUT2D eigenvalue weighted by Crippen LogP contribution is 2.21. The van der Waals surface area contributed by atoms with Gasteiger partial charge in [-0.15, -0.1) is 0 Å². The van der Waals surface area contributed by atoms with E-state index >= 15 is 0 Å². The van der Waals surface area contributed by atoms with Crippen molar-refractivity contribution in [3.05, 3.63) is 29.8 Å². The van der Waals surface area contributed by atoms with Crippen LogP contribution in [0.1, 0.15) is 51.0 Å². The van der Waals surface area contributed by atoms with E-state index in [1.807, 2.05) is 24.3 Å². The Kier molecular flexibility index (Phi) is 7.71. The fourth-order valence-corrected chi connectivity index (χ4v) is 2.04. The van der Waals surface area contributed by atoms with Gasteiger partial charge in [0.25, 0.3) is 0 Å². The molecular formula is C16H24O3. The second kappa shape index (κ2) is 9.42. The molecule has 0 unspecified atom stereocenters. The van der Waals surface area contributed by atoms with Crippen LogP contribution in [0.15, 0.2) is 24.3 Å². The van der Waals surface area contributed by atoms with E-state index in [0.717, 1.165) is 18.4 Å². The third kappa shape index (κ3) is 6.27. The lowest BCUT2D eigenvalue weighted by atomic mass is 10.0. The maximum atomic E-state index is 11.1. The SMILES string of the molecule is CCCCCCCCc1ccccc1OC(=O)OC. The van der Waals surface area contributed by atoms with Gasteiger partial charge in [0.05, 0.1) is 7.11 Å². The second-order valence-electron chi connectivity index (χ2n) is 4.68. The molecular weight excluding hydrogens is 240 g/mol. The number of carbonyl (C=O) groups excluding carboxylic acids is 1. The van der Waals surface area contributed by atoms with Crippen LogP contribution < -0.4 is 4.74 Å². The maximum absolute atomic E-state index is 11.1. The molecule has 0 saturated carbocycles. The van der Waals surface area contributed by atoms with Crippen LogP contribution >= 0.6 is 0 Å². The number of aryl methyl sites for hydroxylation is 1. The number of unbranched alkanes of at least 4 members (excludes halogenated alkanes) is 5. The summed E-state index contributed by atoms with van der Waals surface area (Å²) >= 11 is 0. The molecule has 0 aliphatic carbocycles. The molecule has 0 saturated heterocycles. The number of para-hydroxylation sites is 1. The average Bonchev–Trinajstić information content (AvgIpc) is 2.44. The molecule has 0 N–H and O–H groups in total. The van der Waals surface area contributed by atoms with E-state index in [1.165, 1.54) is 39.2 Å². The summed E-state index contributed by atoms with van der Waals surface area (Å²) in [5.41, 5.74) is 1.07. The van der Waals surface area contributed by atoms with Crippen molar-refractivity contribution < 1.29 is 14.3 Å². The second-order valence-corrected chi connectivity index (χ2v) is 4.68. The molecule has 0 spiro atoms. The van der Waals surface area contributed by atoms with Crippen LogP contribution in [0.4, 0.5) is 4.79 Å². The average molecular weight is 264 g/mol. The van der Waals surface area contributed by atoms with Gasteiger partial charge in [0, 0.05) is 0 Å². The Morgan fingerprint density at radius 3 is 2.47 bits per heavy atom. The normalized spacial score (nSPS) is 10.2. The van der Waals surface area contributed by atoms with Gasteiger partial charge in [-0.3, -0.25) is 0 Å². The van der Waals surface area contributed by atoms with E-state index in [0.29, 0.717) is 5.75 Å². The molecule has 0 aromatic heterocycles. The summed E-state index contributed by atoms with van der Waals surface area (Å²) in [6.45, 7) is 2.22. The van der Waals surface area contributed by atoms with Crippen molar-refractivity contribution >= 4 is 6.16 Å². The third-order valence-electron chi connectivity index (χ3n) is 3.13. The van der Waals surface area contributed by atoms with Gasteiger partial charge in [-0.25, -0.2) is 4.79 Å². The maximum Gasteiger partial charge on any atom is 0.513 e. The number of benzene rings is 1. The van der Waals surface area contributed by atoms with Crippen LogP contribution in [0.2, 0.25) is 0 Å². The Balaban J connectivity index is 2.38. The third-order valence-corrected chi connectivity index (χ3v) is 3.13. The van der Waals surface area contributed by atoms with Crippen molar-refractivity contribution in [2.45, 2.75) is 51.9 Å². The minimum atomic E-state index is -0.657. The van der Waals surface area contributed by atoms with E-state index in [-0.39, 0.29) is 0 Å². The Hall–Kier alpha value is -1.51. The first-order valence-electron chi connectivity index (χ1n) is 7.11. The molecule has 1 aromatic carbocycles. The van der Waals surface area contributed by atoms with Crippen molar-refractivity contribution in [3.8, 4) is 5.75 Å². The fourth-order valence-electron chi connectivity index (χ4n) is 2.04. The predicted molar refractivity (Wildman–Crippen MR) is 76.6 cm³/mol. The Bertz CT molecular complexity index is 374. The van der Waals surface area contributed by atoms with Gasteiger partial charge >= 0.3 is 6.16 Å². The van der Waals surface area contributed by atoms with E-state index in [1.54, 1.807) is 0 Å². The smallest absolute Gasteiger partial charge is 0.437 e. The Morgan fingerprint density at radius 2 is 1.74 bits per heavy atom. The lowest BCUT2D eigenvalue weighted by Gasteiger charge is -2.08. The van der Waals surface area contributed by atoms with Gasteiger partial charge in [-0.05, 0) is 24.5 Å². The van der Waals surface area contributed by atoms with Crippen LogP contribution in [0, 0.1) is 0 Å². The highest BCUT2D eigenvalue weighted by molar-refractivity contribution is 5.64. The quantitative estimate of drug-likeness (QED) is 0.386. The van der Waals surface area contributed by atoms with Crippen LogP contribution in [-0.2, 0) is 11.2 Å². The first kappa shape index (κ1) is 15.5. The van der Waals surface area contributed by atoms with Gasteiger partial charge in [-0.2, -0.15) is 0 Å². The van der Waals surface area contributed by atoms with Gasteiger partial charge in [0.2, 0.25) is 0 Å². The first-order chi connectivity index (χ1) is 9.27. The number of rotatable bonds is 8. The van der Waals surface area contributed by atoms with Crippen molar-refractivity contribution in [1.82, 2.24) is 0 Å². The minimum Gasteiger partial charge on any atom is -0.437 e. The summed E-state index contributed by atoms with van der Waals surface area (Å²) in [5.74, 6) is 0.614. The summed E-state index contributed by atoms with van der Waals surface area (Å²) in [5, 5.41) is 0. The highest BCUT2D eigenvalue weighted by Gasteiger charge is 2.08. The van der Waals surface area contributed by atoms with E-state index < -0.39 is 6.16 Å². The predicted octanol–water partition coefficient (Wildman–Crippen LogP) is 4.73. The van der Waals surface area contributed by atoms with Gasteiger partial charge in [0.1, 0.15) is 5.75 Å². The topological polar surface area (TPSA) is 35.5 Å². The highest BCUT2D eigenvalue weighted by atomic mass is 16.7. The summed E-state index contributed by atoms with van der Waals surface area (Å²) in [6, 6.07) is 7.65. The molecule has 0 amide bonds. The van der Waals surface area contributed by atoms with Crippen molar-refractivity contribution in [1.29, 1.82) is 0 Å². The van der Waals surface area contributed by atoms with Gasteiger partial charge in [-0.1, -0.05) is 57.2 Å². The molecule has 1 aromatic rings. The molecule has 3 nitrogen and oxygen atoms in total. The van der Waals surface area contributed by atoms with E-state index in [9.17, 15) is 4.79 Å². The van der Waals surface area contributed by atoms with E-state index in [4.69, 9.17) is 4.74 Å². The lowest BCUT2D eigenvalue weighted by Crippen LogP contribution is -2.08. The number of carbonyl (C=O) groups is 1. The number of hydrogen-bond acceptors (Lipinski definition) is 3. The number of ether oxygens (including phenoxy) is 2. The van der Waals surface area contributed by atoms with Gasteiger partial charge in [0.15, 0.2) is 0 Å². The summed E-state index contributed by atoms with van der Waals surface area (Å²) in [7, 11) is 1.32. The van der Waals surface area contributed by atoms with E-state index in [2.05, 4.69) is 11.7 Å². The molecule has 0 atom stereocenters. The largest absolute Gasteiger partial charge is 0.513 e. The van der Waals surface area contributed by atoms with Crippen molar-refractivity contribution in [3.63, 3.8) is 0 Å². The summed E-state index contributed by atoms with van der Waals surface area (Å²) in [4.78, 5) is 11.1. The summed E-state index contributed by atoms with van der Waals surface area (Å²) < 4.78 is 9.65. The summed E-state index contributed by atoms with van der Waals surface area (Å²) in [6.07, 6.45) is 7.84. The van der Waals surface area contributed by atoms with Crippen LogP contribution in [0.5, 0.6) is 5.75 Å². The molecule has 19 heavy (non-hydrogen) atoms. The van der Waals surface area contributed by atoms with Crippen LogP contribution in [0.3, 0.4) is 0 Å². The molecule has 0 aliphatic rings. The first-order valence-corrected chi connectivity index (χ1v) is 7.11. The molecule has 0 bridgehead atoms. The Labute approximate surface area is 115 Å². The monoisotopic (exact) mass is 264 g/mol. The van der Waals surface area contributed by atoms with Crippen molar-refractivity contribution in [2.75, 3.05) is 7.11 Å². The van der Waals surface area contributed by atoms with Crippen molar-refractivity contribution in [2.24, 2.45) is 0 Å². The molecule has 1 rings (SSSR count). The minimum absolute atomic E-state index is 0.614. The van der Waals surface area contributed by atoms with Crippen LogP contribution in [-0.4, -0.2) is 13.3 Å². The zero-order chi connectivity index (χ0) is 13.9. The standard InChI is InChI=1S/C16H24O3/c1-3-4-5-6-7-8-11-14-12-9-10-13-15(14)19-16(17)18-2/h9-10,12-13H,3-8,11H2,1-2H3.